The molecule has 5 rings (SSSR count). The van der Waals surface area contributed by atoms with Gasteiger partial charge in [0.15, 0.2) is 5.76 Å². The number of hydrogen-bond donors (Lipinski definition) is 1. The molecule has 2 aliphatic rings. The lowest BCUT2D eigenvalue weighted by atomic mass is 9.88. The van der Waals surface area contributed by atoms with Crippen LogP contribution in [0.5, 0.6) is 5.75 Å². The van der Waals surface area contributed by atoms with Gasteiger partial charge in [-0.3, -0.25) is 9.69 Å². The smallest absolute Gasteiger partial charge is 0.287 e. The molecule has 0 aliphatic carbocycles. The van der Waals surface area contributed by atoms with E-state index in [1.54, 1.807) is 19.2 Å². The fourth-order valence-corrected chi connectivity index (χ4v) is 5.04. The van der Waals surface area contributed by atoms with Gasteiger partial charge in [0.1, 0.15) is 17.3 Å². The van der Waals surface area contributed by atoms with E-state index >= 15 is 0 Å². The molecule has 184 valence electrons. The number of benzene rings is 2. The lowest BCUT2D eigenvalue weighted by molar-refractivity contribution is -0.0764. The molecule has 2 aromatic carbocycles. The second-order valence-corrected chi connectivity index (χ2v) is 9.47. The summed E-state index contributed by atoms with van der Waals surface area (Å²) in [6, 6.07) is 17.8. The molecular weight excluding hydrogens is 447 g/mol. The fraction of sp³-hybridized carbons (Fsp3) is 0.393. The van der Waals surface area contributed by atoms with Crippen LogP contribution in [-0.2, 0) is 11.3 Å². The zero-order chi connectivity index (χ0) is 24.3. The van der Waals surface area contributed by atoms with Crippen molar-refractivity contribution in [3.05, 3.63) is 77.8 Å². The number of hydrogen-bond acceptors (Lipinski definition) is 5. The topological polar surface area (TPSA) is 63.9 Å². The Kier molecular flexibility index (Phi) is 6.88. The highest BCUT2D eigenvalue weighted by Crippen LogP contribution is 2.39. The molecule has 1 N–H and O–H groups in total. The quantitative estimate of drug-likeness (QED) is 0.516. The van der Waals surface area contributed by atoms with E-state index in [-0.39, 0.29) is 29.2 Å². The van der Waals surface area contributed by atoms with Crippen LogP contribution in [0.3, 0.4) is 0 Å². The molecule has 2 aliphatic heterocycles. The Balaban J connectivity index is 1.08. The van der Waals surface area contributed by atoms with Gasteiger partial charge in [0.2, 0.25) is 0 Å². The number of amides is 1. The summed E-state index contributed by atoms with van der Waals surface area (Å²) in [7, 11) is 1.62. The number of halogens is 1. The standard InChI is InChI=1S/C28H31FN2O4/c1-33-23-8-4-21(5-9-23)25-10-11-26(34-25)27(32)30-18-24-12-13-28(35-24)14-16-31(17-15-28)19-20-2-6-22(29)7-3-20/h2-11,24H,12-19H2,1H3,(H,30,32). The predicted molar refractivity (Wildman–Crippen MR) is 131 cm³/mol. The third kappa shape index (κ3) is 5.57. The maximum Gasteiger partial charge on any atom is 0.287 e. The van der Waals surface area contributed by atoms with Crippen molar-refractivity contribution in [2.45, 2.75) is 43.9 Å². The van der Waals surface area contributed by atoms with E-state index in [9.17, 15) is 9.18 Å². The average Bonchev–Trinajstić information content (AvgIpc) is 3.54. The van der Waals surface area contributed by atoms with E-state index in [1.165, 1.54) is 12.1 Å². The molecule has 0 saturated carbocycles. The van der Waals surface area contributed by atoms with E-state index in [4.69, 9.17) is 13.9 Å². The van der Waals surface area contributed by atoms with Crippen LogP contribution in [0.15, 0.2) is 65.1 Å². The fourth-order valence-electron chi connectivity index (χ4n) is 5.04. The monoisotopic (exact) mass is 478 g/mol. The molecule has 1 spiro atoms. The van der Waals surface area contributed by atoms with Crippen LogP contribution >= 0.6 is 0 Å². The molecule has 3 aromatic rings. The van der Waals surface area contributed by atoms with Crippen LogP contribution in [-0.4, -0.2) is 49.3 Å². The molecule has 0 radical (unpaired) electrons. The summed E-state index contributed by atoms with van der Waals surface area (Å²) in [4.78, 5) is 15.0. The molecule has 0 bridgehead atoms. The van der Waals surface area contributed by atoms with Crippen LogP contribution in [0.1, 0.15) is 41.8 Å². The third-order valence-corrected chi connectivity index (χ3v) is 7.12. The first-order valence-corrected chi connectivity index (χ1v) is 12.2. The zero-order valence-corrected chi connectivity index (χ0v) is 20.0. The molecule has 2 fully saturated rings. The number of carbonyl (C=O) groups is 1. The van der Waals surface area contributed by atoms with Crippen molar-refractivity contribution in [1.82, 2.24) is 10.2 Å². The van der Waals surface area contributed by atoms with Crippen LogP contribution in [0, 0.1) is 5.82 Å². The molecule has 1 amide bonds. The predicted octanol–water partition coefficient (Wildman–Crippen LogP) is 5.04. The third-order valence-electron chi connectivity index (χ3n) is 7.12. The number of furan rings is 1. The maximum atomic E-state index is 13.1. The van der Waals surface area contributed by atoms with Crippen LogP contribution in [0.4, 0.5) is 4.39 Å². The number of ether oxygens (including phenoxy) is 2. The van der Waals surface area contributed by atoms with Crippen LogP contribution < -0.4 is 10.1 Å². The van der Waals surface area contributed by atoms with E-state index < -0.39 is 0 Å². The summed E-state index contributed by atoms with van der Waals surface area (Å²) < 4.78 is 30.6. The summed E-state index contributed by atoms with van der Waals surface area (Å²) in [6.07, 6.45) is 3.91. The first-order valence-electron chi connectivity index (χ1n) is 12.2. The second-order valence-electron chi connectivity index (χ2n) is 9.47. The first kappa shape index (κ1) is 23.6. The van der Waals surface area contributed by atoms with Crippen molar-refractivity contribution in [2.24, 2.45) is 0 Å². The average molecular weight is 479 g/mol. The normalized spacial score (nSPS) is 19.7. The van der Waals surface area contributed by atoms with Crippen molar-refractivity contribution in [1.29, 1.82) is 0 Å². The van der Waals surface area contributed by atoms with E-state index in [2.05, 4.69) is 10.2 Å². The molecule has 6 nitrogen and oxygen atoms in total. The number of carbonyl (C=O) groups excluding carboxylic acids is 1. The molecule has 1 atom stereocenters. The van der Waals surface area contributed by atoms with Gasteiger partial charge in [0.25, 0.3) is 5.91 Å². The number of nitrogens with one attached hydrogen (secondary N) is 1. The minimum absolute atomic E-state index is 0.0126. The van der Waals surface area contributed by atoms with Gasteiger partial charge in [0.05, 0.1) is 18.8 Å². The van der Waals surface area contributed by atoms with E-state index in [1.807, 2.05) is 36.4 Å². The summed E-state index contributed by atoms with van der Waals surface area (Å²) in [6.45, 7) is 3.21. The molecule has 7 heteroatoms. The summed E-state index contributed by atoms with van der Waals surface area (Å²) >= 11 is 0. The van der Waals surface area contributed by atoms with Gasteiger partial charge in [0, 0.05) is 31.7 Å². The van der Waals surface area contributed by atoms with E-state index in [0.29, 0.717) is 12.3 Å². The minimum atomic E-state index is -0.233. The van der Waals surface area contributed by atoms with Crippen molar-refractivity contribution in [3.63, 3.8) is 0 Å². The summed E-state index contributed by atoms with van der Waals surface area (Å²) in [5, 5.41) is 2.97. The highest BCUT2D eigenvalue weighted by Gasteiger charge is 2.42. The van der Waals surface area contributed by atoms with Crippen molar-refractivity contribution in [2.75, 3.05) is 26.7 Å². The largest absolute Gasteiger partial charge is 0.497 e. The Morgan fingerprint density at radius 1 is 1.06 bits per heavy atom. The summed E-state index contributed by atoms with van der Waals surface area (Å²) in [5.41, 5.74) is 1.92. The molecule has 2 saturated heterocycles. The highest BCUT2D eigenvalue weighted by molar-refractivity contribution is 5.92. The van der Waals surface area contributed by atoms with Gasteiger partial charge in [-0.15, -0.1) is 0 Å². The second kappa shape index (κ2) is 10.2. The Morgan fingerprint density at radius 3 is 2.51 bits per heavy atom. The van der Waals surface area contributed by atoms with Gasteiger partial charge in [-0.2, -0.15) is 0 Å². The molecule has 1 unspecified atom stereocenters. The number of rotatable bonds is 7. The lowest BCUT2D eigenvalue weighted by Gasteiger charge is -2.39. The van der Waals surface area contributed by atoms with Crippen molar-refractivity contribution >= 4 is 5.91 Å². The zero-order valence-electron chi connectivity index (χ0n) is 20.0. The van der Waals surface area contributed by atoms with Gasteiger partial charge in [-0.25, -0.2) is 4.39 Å². The van der Waals surface area contributed by atoms with Crippen molar-refractivity contribution < 1.29 is 23.1 Å². The summed E-state index contributed by atoms with van der Waals surface area (Å²) in [5.74, 6) is 1.27. The molecule has 3 heterocycles. The van der Waals surface area contributed by atoms with Gasteiger partial charge < -0.3 is 19.2 Å². The van der Waals surface area contributed by atoms with Crippen LogP contribution in [0.25, 0.3) is 11.3 Å². The lowest BCUT2D eigenvalue weighted by Crippen LogP contribution is -2.44. The number of piperidine rings is 1. The highest BCUT2D eigenvalue weighted by atomic mass is 19.1. The Labute approximate surface area is 205 Å². The van der Waals surface area contributed by atoms with Gasteiger partial charge >= 0.3 is 0 Å². The maximum absolute atomic E-state index is 13.1. The Hall–Kier alpha value is -3.16. The van der Waals surface area contributed by atoms with Gasteiger partial charge in [-0.1, -0.05) is 12.1 Å². The number of likely N-dealkylation sites (tertiary alicyclic amines) is 1. The van der Waals surface area contributed by atoms with Crippen molar-refractivity contribution in [3.8, 4) is 17.1 Å². The van der Waals surface area contributed by atoms with Crippen LogP contribution in [0.2, 0.25) is 0 Å². The Morgan fingerprint density at radius 2 is 1.80 bits per heavy atom. The van der Waals surface area contributed by atoms with Gasteiger partial charge in [-0.05, 0) is 79.8 Å². The minimum Gasteiger partial charge on any atom is -0.497 e. The Bertz CT molecular complexity index is 1130. The SMILES string of the molecule is COc1ccc(-c2ccc(C(=O)NCC3CCC4(CCN(Cc5ccc(F)cc5)CC4)O3)o2)cc1. The molecule has 1 aromatic heterocycles. The molecular formula is C28H31FN2O4. The number of methoxy groups -OCH3 is 1. The number of nitrogens with zero attached hydrogens (tertiary/aromatic N) is 1. The molecule has 35 heavy (non-hydrogen) atoms. The first-order chi connectivity index (χ1) is 17.0. The van der Waals surface area contributed by atoms with E-state index in [0.717, 1.165) is 62.2 Å².